The van der Waals surface area contributed by atoms with Crippen LogP contribution in [-0.4, -0.2) is 7.85 Å². The molecule has 0 unspecified atom stereocenters. The Hall–Kier alpha value is -0.935. The second kappa shape index (κ2) is 2.77. The highest BCUT2D eigenvalue weighted by atomic mass is 35.5. The third-order valence-corrected chi connectivity index (χ3v) is 1.43. The van der Waals surface area contributed by atoms with Crippen LogP contribution in [0.25, 0.3) is 0 Å². The number of benzene rings is 1. The molecule has 0 bridgehead atoms. The minimum atomic E-state index is 0.405. The van der Waals surface area contributed by atoms with Crippen LogP contribution in [0, 0.1) is 11.3 Å². The summed E-state index contributed by atoms with van der Waals surface area (Å²) in [6, 6.07) is 6.73. The van der Waals surface area contributed by atoms with Crippen molar-refractivity contribution < 1.29 is 0 Å². The van der Waals surface area contributed by atoms with E-state index in [1.165, 1.54) is 0 Å². The molecular formula is C7H3BClN. The first kappa shape index (κ1) is 7.18. The molecule has 0 saturated carbocycles. The molecule has 46 valence electrons. The molecule has 0 saturated heterocycles. The van der Waals surface area contributed by atoms with Gasteiger partial charge in [-0.25, -0.2) is 0 Å². The molecule has 1 rings (SSSR count). The van der Waals surface area contributed by atoms with E-state index in [0.29, 0.717) is 16.0 Å². The van der Waals surface area contributed by atoms with Gasteiger partial charge in [0.2, 0.25) is 0 Å². The topological polar surface area (TPSA) is 23.8 Å². The molecule has 1 aromatic carbocycles. The molecule has 0 aliphatic carbocycles. The van der Waals surface area contributed by atoms with Crippen molar-refractivity contribution in [1.82, 2.24) is 0 Å². The standard InChI is InChI=1S/C7H3BClN/c8-6-2-1-5(4-10)7(9)3-6/h1-3H. The van der Waals surface area contributed by atoms with Crippen LogP contribution in [0.4, 0.5) is 0 Å². The highest BCUT2D eigenvalue weighted by molar-refractivity contribution is 6.36. The van der Waals surface area contributed by atoms with Gasteiger partial charge >= 0.3 is 0 Å². The van der Waals surface area contributed by atoms with Crippen LogP contribution in [0.5, 0.6) is 0 Å². The lowest BCUT2D eigenvalue weighted by Gasteiger charge is -1.94. The van der Waals surface area contributed by atoms with Crippen molar-refractivity contribution in [3.63, 3.8) is 0 Å². The SMILES string of the molecule is [B]c1ccc(C#N)c(Cl)c1. The fourth-order valence-electron chi connectivity index (χ4n) is 0.622. The molecule has 0 aliphatic heterocycles. The maximum Gasteiger partial charge on any atom is 0.113 e. The summed E-state index contributed by atoms with van der Waals surface area (Å²) in [6.07, 6.45) is 0. The van der Waals surface area contributed by atoms with Crippen molar-refractivity contribution in [2.75, 3.05) is 0 Å². The van der Waals surface area contributed by atoms with Gasteiger partial charge in [0.05, 0.1) is 10.6 Å². The fourth-order valence-corrected chi connectivity index (χ4v) is 0.853. The molecule has 10 heavy (non-hydrogen) atoms. The molecule has 0 atom stereocenters. The molecule has 0 aliphatic rings. The van der Waals surface area contributed by atoms with Gasteiger partial charge in [-0.3, -0.25) is 0 Å². The number of hydrogen-bond acceptors (Lipinski definition) is 1. The summed E-state index contributed by atoms with van der Waals surface area (Å²) >= 11 is 5.63. The van der Waals surface area contributed by atoms with E-state index in [-0.39, 0.29) is 0 Å². The molecule has 0 spiro atoms. The summed E-state index contributed by atoms with van der Waals surface area (Å²) < 4.78 is 0. The Labute approximate surface area is 65.6 Å². The number of rotatable bonds is 0. The summed E-state index contributed by atoms with van der Waals surface area (Å²) in [5.74, 6) is 0. The van der Waals surface area contributed by atoms with E-state index >= 15 is 0 Å². The number of hydrogen-bond donors (Lipinski definition) is 0. The number of nitriles is 1. The third kappa shape index (κ3) is 1.31. The second-order valence-electron chi connectivity index (χ2n) is 1.85. The molecule has 3 heteroatoms. The Balaban J connectivity index is 3.23. The average molecular weight is 147 g/mol. The number of halogens is 1. The van der Waals surface area contributed by atoms with Crippen molar-refractivity contribution in [3.05, 3.63) is 28.8 Å². The Bertz CT molecular complexity index is 290. The lowest BCUT2D eigenvalue weighted by molar-refractivity contribution is 1.49. The van der Waals surface area contributed by atoms with Crippen LogP contribution in [0.2, 0.25) is 5.02 Å². The first-order valence-electron chi connectivity index (χ1n) is 2.69. The van der Waals surface area contributed by atoms with Gasteiger partial charge in [0.25, 0.3) is 0 Å². The maximum atomic E-state index is 8.43. The largest absolute Gasteiger partial charge is 0.192 e. The minimum Gasteiger partial charge on any atom is -0.192 e. The van der Waals surface area contributed by atoms with Gasteiger partial charge in [-0.15, -0.1) is 0 Å². The van der Waals surface area contributed by atoms with E-state index < -0.39 is 0 Å². The third-order valence-electron chi connectivity index (χ3n) is 1.11. The Kier molecular flexibility index (Phi) is 1.98. The van der Waals surface area contributed by atoms with Gasteiger partial charge in [-0.05, 0) is 12.1 Å². The highest BCUT2D eigenvalue weighted by Gasteiger charge is 1.95. The fraction of sp³-hybridized carbons (Fsp3) is 0. The monoisotopic (exact) mass is 147 g/mol. The zero-order chi connectivity index (χ0) is 7.56. The lowest BCUT2D eigenvalue weighted by Crippen LogP contribution is -2.00. The van der Waals surface area contributed by atoms with E-state index in [4.69, 9.17) is 24.7 Å². The van der Waals surface area contributed by atoms with E-state index in [1.807, 2.05) is 6.07 Å². The summed E-state index contributed by atoms with van der Waals surface area (Å²) in [6.45, 7) is 0. The van der Waals surface area contributed by atoms with Crippen molar-refractivity contribution in [1.29, 1.82) is 5.26 Å². The molecule has 0 N–H and O–H groups in total. The molecule has 2 radical (unpaired) electrons. The molecule has 1 nitrogen and oxygen atoms in total. The van der Waals surface area contributed by atoms with Gasteiger partial charge < -0.3 is 0 Å². The second-order valence-corrected chi connectivity index (χ2v) is 2.26. The summed E-state index contributed by atoms with van der Waals surface area (Å²) in [4.78, 5) is 0. The van der Waals surface area contributed by atoms with Gasteiger partial charge in [0, 0.05) is 0 Å². The summed E-state index contributed by atoms with van der Waals surface area (Å²) in [7, 11) is 5.39. The van der Waals surface area contributed by atoms with E-state index in [2.05, 4.69) is 0 Å². The van der Waals surface area contributed by atoms with Crippen LogP contribution >= 0.6 is 11.6 Å². The zero-order valence-electron chi connectivity index (χ0n) is 5.13. The van der Waals surface area contributed by atoms with Gasteiger partial charge in [0.1, 0.15) is 13.9 Å². The van der Waals surface area contributed by atoms with E-state index in [9.17, 15) is 0 Å². The van der Waals surface area contributed by atoms with Gasteiger partial charge in [0.15, 0.2) is 0 Å². The molecular weight excluding hydrogens is 144 g/mol. The zero-order valence-corrected chi connectivity index (χ0v) is 5.89. The van der Waals surface area contributed by atoms with Crippen LogP contribution in [0.15, 0.2) is 18.2 Å². The van der Waals surface area contributed by atoms with Crippen molar-refractivity contribution in [2.24, 2.45) is 0 Å². The predicted octanol–water partition coefficient (Wildman–Crippen LogP) is 1.01. The Morgan fingerprint density at radius 3 is 2.70 bits per heavy atom. The molecule has 1 aromatic rings. The van der Waals surface area contributed by atoms with Crippen LogP contribution in [0.1, 0.15) is 5.56 Å². The molecule has 0 heterocycles. The van der Waals surface area contributed by atoms with E-state index in [0.717, 1.165) is 0 Å². The van der Waals surface area contributed by atoms with Gasteiger partial charge in [-0.2, -0.15) is 5.26 Å². The van der Waals surface area contributed by atoms with Crippen molar-refractivity contribution >= 4 is 24.9 Å². The van der Waals surface area contributed by atoms with Crippen molar-refractivity contribution in [2.45, 2.75) is 0 Å². The quantitative estimate of drug-likeness (QED) is 0.502. The molecule has 0 amide bonds. The smallest absolute Gasteiger partial charge is 0.113 e. The Morgan fingerprint density at radius 1 is 1.50 bits per heavy atom. The summed E-state index contributed by atoms with van der Waals surface area (Å²) in [5.41, 5.74) is 1.03. The molecule has 0 aromatic heterocycles. The predicted molar refractivity (Wildman–Crippen MR) is 41.6 cm³/mol. The average Bonchev–Trinajstić information content (AvgIpc) is 1.88. The lowest BCUT2D eigenvalue weighted by atomic mass is 9.95. The van der Waals surface area contributed by atoms with Crippen LogP contribution in [0.3, 0.4) is 0 Å². The first-order valence-corrected chi connectivity index (χ1v) is 3.07. The Morgan fingerprint density at radius 2 is 2.20 bits per heavy atom. The van der Waals surface area contributed by atoms with Crippen molar-refractivity contribution in [3.8, 4) is 6.07 Å². The summed E-state index contributed by atoms with van der Waals surface area (Å²) in [5, 5.41) is 8.84. The maximum absolute atomic E-state index is 8.43. The van der Waals surface area contributed by atoms with Crippen LogP contribution < -0.4 is 5.46 Å². The van der Waals surface area contributed by atoms with E-state index in [1.54, 1.807) is 18.2 Å². The normalized spacial score (nSPS) is 8.80. The van der Waals surface area contributed by atoms with Gasteiger partial charge in [-0.1, -0.05) is 23.1 Å². The molecule has 0 fully saturated rings. The van der Waals surface area contributed by atoms with Crippen LogP contribution in [-0.2, 0) is 0 Å². The number of nitrogens with zero attached hydrogens (tertiary/aromatic N) is 1. The highest BCUT2D eigenvalue weighted by Crippen LogP contribution is 2.11. The minimum absolute atomic E-state index is 0.405. The first-order chi connectivity index (χ1) is 4.74.